The molecule has 37 heavy (non-hydrogen) atoms. The molecule has 2 amide bonds. The van der Waals surface area contributed by atoms with E-state index in [4.69, 9.17) is 9.26 Å². The Labute approximate surface area is 208 Å². The zero-order valence-corrected chi connectivity index (χ0v) is 20.0. The number of carbonyl (C=O) groups excluding carboxylic acids is 1. The summed E-state index contributed by atoms with van der Waals surface area (Å²) in [5.74, 6) is 0.412. The van der Waals surface area contributed by atoms with Gasteiger partial charge in [0.2, 0.25) is 0 Å². The Morgan fingerprint density at radius 3 is 2.16 bits per heavy atom. The van der Waals surface area contributed by atoms with E-state index in [2.05, 4.69) is 10.5 Å². The largest absolute Gasteiger partial charge is 0.416 e. The van der Waals surface area contributed by atoms with Gasteiger partial charge in [0.15, 0.2) is 5.76 Å². The van der Waals surface area contributed by atoms with Gasteiger partial charge in [0, 0.05) is 0 Å². The van der Waals surface area contributed by atoms with Crippen LogP contribution in [0.3, 0.4) is 0 Å². The second-order valence-electron chi connectivity index (χ2n) is 8.93. The van der Waals surface area contributed by atoms with Crippen LogP contribution in [0.2, 0.25) is 0 Å². The van der Waals surface area contributed by atoms with Crippen LogP contribution in [-0.2, 0) is 22.6 Å². The molecule has 6 nitrogen and oxygen atoms in total. The summed E-state index contributed by atoms with van der Waals surface area (Å²) in [6.07, 6.45) is -11.1. The molecule has 12 heteroatoms. The number of benzene rings is 2. The summed E-state index contributed by atoms with van der Waals surface area (Å²) in [6.45, 7) is 4.50. The fourth-order valence-corrected chi connectivity index (χ4v) is 4.36. The van der Waals surface area contributed by atoms with Gasteiger partial charge in [0.25, 0.3) is 0 Å². The summed E-state index contributed by atoms with van der Waals surface area (Å²) in [4.78, 5) is 14.5. The molecular formula is C25H23F6N3O3. The van der Waals surface area contributed by atoms with Crippen LogP contribution in [0.4, 0.5) is 36.8 Å². The average molecular weight is 527 g/mol. The zero-order valence-electron chi connectivity index (χ0n) is 20.0. The van der Waals surface area contributed by atoms with Crippen LogP contribution in [0.25, 0.3) is 0 Å². The third-order valence-corrected chi connectivity index (χ3v) is 6.27. The van der Waals surface area contributed by atoms with E-state index < -0.39 is 41.2 Å². The highest BCUT2D eigenvalue weighted by atomic mass is 19.4. The Morgan fingerprint density at radius 1 is 1.05 bits per heavy atom. The van der Waals surface area contributed by atoms with Crippen LogP contribution in [0.5, 0.6) is 0 Å². The molecule has 3 aromatic rings. The minimum atomic E-state index is -4.98. The Bertz CT molecular complexity index is 1240. The number of amides is 2. The van der Waals surface area contributed by atoms with E-state index in [1.165, 1.54) is 11.8 Å². The normalized spacial score (nSPS) is 19.3. The first-order chi connectivity index (χ1) is 17.2. The van der Waals surface area contributed by atoms with Crippen LogP contribution >= 0.6 is 0 Å². The highest BCUT2D eigenvalue weighted by Crippen LogP contribution is 2.39. The molecule has 0 aliphatic carbocycles. The Balaban J connectivity index is 1.66. The molecule has 0 spiro atoms. The first-order valence-corrected chi connectivity index (χ1v) is 11.2. The molecule has 0 radical (unpaired) electrons. The van der Waals surface area contributed by atoms with Gasteiger partial charge in [-0.25, -0.2) is 4.79 Å². The number of rotatable bonds is 6. The zero-order chi connectivity index (χ0) is 27.2. The van der Waals surface area contributed by atoms with Gasteiger partial charge in [0.1, 0.15) is 16.9 Å². The van der Waals surface area contributed by atoms with Crippen LogP contribution < -0.4 is 10.2 Å². The van der Waals surface area contributed by atoms with E-state index >= 15 is 0 Å². The van der Waals surface area contributed by atoms with Crippen LogP contribution in [0.1, 0.15) is 46.7 Å². The van der Waals surface area contributed by atoms with E-state index in [1.54, 1.807) is 44.2 Å². The second-order valence-corrected chi connectivity index (χ2v) is 8.93. The maximum absolute atomic E-state index is 13.3. The molecule has 198 valence electrons. The smallest absolute Gasteiger partial charge is 0.371 e. The number of alkyl halides is 6. The highest BCUT2D eigenvalue weighted by molar-refractivity contribution is 5.96. The lowest BCUT2D eigenvalue weighted by Crippen LogP contribution is -2.45. The lowest BCUT2D eigenvalue weighted by Gasteiger charge is -2.31. The van der Waals surface area contributed by atoms with Gasteiger partial charge in [-0.05, 0) is 50.1 Å². The molecule has 0 bridgehead atoms. The molecule has 1 saturated heterocycles. The topological polar surface area (TPSA) is 67.6 Å². The van der Waals surface area contributed by atoms with Gasteiger partial charge in [-0.2, -0.15) is 26.3 Å². The fraction of sp³-hybridized carbons (Fsp3) is 0.360. The third kappa shape index (κ3) is 5.29. The summed E-state index contributed by atoms with van der Waals surface area (Å²) in [5, 5.41) is 6.76. The van der Waals surface area contributed by atoms with Crippen molar-refractivity contribution in [3.8, 4) is 0 Å². The summed E-state index contributed by atoms with van der Waals surface area (Å²) in [7, 11) is 0. The molecular weight excluding hydrogens is 504 g/mol. The number of halogens is 6. The van der Waals surface area contributed by atoms with Crippen molar-refractivity contribution in [2.24, 2.45) is 0 Å². The molecule has 2 heterocycles. The predicted octanol–water partition coefficient (Wildman–Crippen LogP) is 6.53. The number of hydrogen-bond acceptors (Lipinski definition) is 4. The van der Waals surface area contributed by atoms with Crippen LogP contribution in [-0.4, -0.2) is 24.3 Å². The van der Waals surface area contributed by atoms with Gasteiger partial charge < -0.3 is 14.6 Å². The summed E-state index contributed by atoms with van der Waals surface area (Å²) < 4.78 is 91.0. The monoisotopic (exact) mass is 527 g/mol. The van der Waals surface area contributed by atoms with Crippen molar-refractivity contribution in [3.63, 3.8) is 0 Å². The summed E-state index contributed by atoms with van der Waals surface area (Å²) in [5.41, 5.74) is -2.71. The molecule has 1 fully saturated rings. The number of carbonyl (C=O) groups is 1. The van der Waals surface area contributed by atoms with E-state index in [1.807, 2.05) is 0 Å². The molecule has 4 rings (SSSR count). The Morgan fingerprint density at radius 2 is 1.65 bits per heavy atom. The van der Waals surface area contributed by atoms with Crippen molar-refractivity contribution in [2.75, 3.05) is 18.1 Å². The predicted molar refractivity (Wildman–Crippen MR) is 121 cm³/mol. The molecule has 0 saturated carbocycles. The molecule has 2 aromatic carbocycles. The number of nitrogens with zero attached hydrogens (tertiary/aromatic N) is 2. The van der Waals surface area contributed by atoms with Crippen molar-refractivity contribution < 1.29 is 40.4 Å². The molecule has 1 aliphatic rings. The van der Waals surface area contributed by atoms with Gasteiger partial charge in [0.05, 0.1) is 30.4 Å². The van der Waals surface area contributed by atoms with Crippen LogP contribution in [0.15, 0.2) is 53.1 Å². The molecule has 1 N–H and O–H groups in total. The molecule has 0 unspecified atom stereocenters. The number of aromatic nitrogens is 1. The van der Waals surface area contributed by atoms with E-state index in [-0.39, 0.29) is 24.8 Å². The first-order valence-electron chi connectivity index (χ1n) is 11.2. The molecule has 1 aliphatic heterocycles. The summed E-state index contributed by atoms with van der Waals surface area (Å²) >= 11 is 0. The third-order valence-electron chi connectivity index (χ3n) is 6.27. The maximum Gasteiger partial charge on any atom is 0.416 e. The number of hydrogen-bond donors (Lipinski definition) is 1. The van der Waals surface area contributed by atoms with E-state index in [0.717, 1.165) is 0 Å². The standard InChI is InChI=1S/C25H23F6N3O3/c1-14-21(16(3)37-33-14)34-12-23(32-22(34)35,18-7-5-4-6-8-18)13-36-15(2)17-9-19(24(26,27)28)11-20(10-17)25(29,30)31/h4-11,15H,12-13H2,1-3H3,(H,32,35)/t15-,23-/m1/s1. The van der Waals surface area contributed by atoms with Crippen molar-refractivity contribution in [3.05, 3.63) is 82.2 Å². The second kappa shape index (κ2) is 9.40. The number of anilines is 1. The number of ether oxygens (including phenoxy) is 1. The van der Waals surface area contributed by atoms with Crippen molar-refractivity contribution in [1.29, 1.82) is 0 Å². The Hall–Kier alpha value is -3.54. The van der Waals surface area contributed by atoms with Crippen molar-refractivity contribution in [1.82, 2.24) is 10.5 Å². The molecule has 2 atom stereocenters. The lowest BCUT2D eigenvalue weighted by atomic mass is 9.91. The average Bonchev–Trinajstić information content (AvgIpc) is 3.34. The minimum absolute atomic E-state index is 0.0574. The minimum Gasteiger partial charge on any atom is -0.371 e. The van der Waals surface area contributed by atoms with Crippen molar-refractivity contribution >= 4 is 11.7 Å². The Kier molecular flexibility index (Phi) is 6.74. The van der Waals surface area contributed by atoms with E-state index in [0.29, 0.717) is 34.8 Å². The fourth-order valence-electron chi connectivity index (χ4n) is 4.36. The molecule has 1 aromatic heterocycles. The number of urea groups is 1. The SMILES string of the molecule is Cc1noc(C)c1N1C[C@@](CO[C@H](C)c2cc(C(F)(F)F)cc(C(F)(F)F)c2)(c2ccccc2)NC1=O. The lowest BCUT2D eigenvalue weighted by molar-refractivity contribution is -0.143. The first kappa shape index (κ1) is 26.5. The highest BCUT2D eigenvalue weighted by Gasteiger charge is 2.46. The number of nitrogens with one attached hydrogen (secondary N) is 1. The van der Waals surface area contributed by atoms with Crippen molar-refractivity contribution in [2.45, 2.75) is 44.8 Å². The van der Waals surface area contributed by atoms with Gasteiger partial charge in [-0.1, -0.05) is 35.5 Å². The van der Waals surface area contributed by atoms with Gasteiger partial charge >= 0.3 is 18.4 Å². The van der Waals surface area contributed by atoms with Crippen LogP contribution in [0, 0.1) is 13.8 Å². The van der Waals surface area contributed by atoms with Gasteiger partial charge in [-0.15, -0.1) is 0 Å². The van der Waals surface area contributed by atoms with Gasteiger partial charge in [-0.3, -0.25) is 4.90 Å². The maximum atomic E-state index is 13.3. The quantitative estimate of drug-likeness (QED) is 0.370. The van der Waals surface area contributed by atoms with E-state index in [9.17, 15) is 31.1 Å². The summed E-state index contributed by atoms with van der Waals surface area (Å²) in [6, 6.07) is 9.62. The number of aryl methyl sites for hydroxylation is 2.